The first-order valence-corrected chi connectivity index (χ1v) is 4.22. The fourth-order valence-electron chi connectivity index (χ4n) is 1.23. The summed E-state index contributed by atoms with van der Waals surface area (Å²) in [6, 6.07) is 0. The minimum absolute atomic E-state index is 1.00. The fourth-order valence-corrected chi connectivity index (χ4v) is 1.23. The Morgan fingerprint density at radius 3 is 2.83 bits per heavy atom. The third kappa shape index (κ3) is 1.70. The molecule has 0 bridgehead atoms. The molecule has 0 aromatic carbocycles. The standard InChI is InChI=1S/C10H14N2/c1-4-6-10-9(5-2)8(3)11-7-12-10/h5,7H,2,4,6H2,1,3H3. The second kappa shape index (κ2) is 4.00. The quantitative estimate of drug-likeness (QED) is 0.682. The van der Waals surface area contributed by atoms with E-state index < -0.39 is 0 Å². The van der Waals surface area contributed by atoms with Gasteiger partial charge in [-0.3, -0.25) is 0 Å². The topological polar surface area (TPSA) is 25.8 Å². The Morgan fingerprint density at radius 2 is 2.25 bits per heavy atom. The predicted octanol–water partition coefficient (Wildman–Crippen LogP) is 2.38. The lowest BCUT2D eigenvalue weighted by molar-refractivity contribution is 0.861. The molecule has 0 spiro atoms. The van der Waals surface area contributed by atoms with Crippen LogP contribution in [0.3, 0.4) is 0 Å². The van der Waals surface area contributed by atoms with Crippen molar-refractivity contribution in [3.05, 3.63) is 29.9 Å². The van der Waals surface area contributed by atoms with E-state index >= 15 is 0 Å². The van der Waals surface area contributed by atoms with Gasteiger partial charge in [-0.2, -0.15) is 0 Å². The molecule has 0 unspecified atom stereocenters. The molecule has 2 heteroatoms. The second-order valence-corrected chi connectivity index (χ2v) is 2.77. The molecule has 0 aliphatic carbocycles. The normalized spacial score (nSPS) is 9.83. The maximum atomic E-state index is 4.22. The third-order valence-corrected chi connectivity index (χ3v) is 1.86. The van der Waals surface area contributed by atoms with E-state index in [9.17, 15) is 0 Å². The molecule has 0 amide bonds. The lowest BCUT2D eigenvalue weighted by atomic mass is 10.1. The van der Waals surface area contributed by atoms with Crippen molar-refractivity contribution in [1.29, 1.82) is 0 Å². The molecular formula is C10H14N2. The molecule has 1 rings (SSSR count). The van der Waals surface area contributed by atoms with E-state index in [0.29, 0.717) is 0 Å². The van der Waals surface area contributed by atoms with Crippen LogP contribution in [0.25, 0.3) is 6.08 Å². The zero-order chi connectivity index (χ0) is 8.97. The summed E-state index contributed by atoms with van der Waals surface area (Å²) in [6.45, 7) is 7.88. The summed E-state index contributed by atoms with van der Waals surface area (Å²) in [6.07, 6.45) is 5.57. The molecule has 1 heterocycles. The van der Waals surface area contributed by atoms with Crippen molar-refractivity contribution in [3.63, 3.8) is 0 Å². The van der Waals surface area contributed by atoms with Gasteiger partial charge in [-0.15, -0.1) is 0 Å². The van der Waals surface area contributed by atoms with Crippen molar-refractivity contribution < 1.29 is 0 Å². The molecule has 0 saturated carbocycles. The fraction of sp³-hybridized carbons (Fsp3) is 0.400. The Labute approximate surface area is 73.4 Å². The maximum absolute atomic E-state index is 4.22. The highest BCUT2D eigenvalue weighted by atomic mass is 14.8. The number of nitrogens with zero attached hydrogens (tertiary/aromatic N) is 2. The van der Waals surface area contributed by atoms with Gasteiger partial charge >= 0.3 is 0 Å². The Bertz CT molecular complexity index is 279. The van der Waals surface area contributed by atoms with Gasteiger partial charge in [0.2, 0.25) is 0 Å². The summed E-state index contributed by atoms with van der Waals surface area (Å²) in [5.74, 6) is 0. The van der Waals surface area contributed by atoms with Gasteiger partial charge in [0.1, 0.15) is 6.33 Å². The summed E-state index contributed by atoms with van der Waals surface area (Å²) in [5.41, 5.74) is 3.22. The molecule has 0 aliphatic heterocycles. The van der Waals surface area contributed by atoms with Gasteiger partial charge in [-0.1, -0.05) is 26.0 Å². The van der Waals surface area contributed by atoms with E-state index in [-0.39, 0.29) is 0 Å². The van der Waals surface area contributed by atoms with Crippen molar-refractivity contribution in [3.8, 4) is 0 Å². The molecule has 2 nitrogen and oxygen atoms in total. The molecule has 1 aromatic heterocycles. The number of aryl methyl sites for hydroxylation is 2. The van der Waals surface area contributed by atoms with E-state index in [4.69, 9.17) is 0 Å². The molecule has 12 heavy (non-hydrogen) atoms. The molecule has 64 valence electrons. The molecule has 0 aliphatic rings. The molecule has 0 N–H and O–H groups in total. The number of hydrogen-bond donors (Lipinski definition) is 0. The van der Waals surface area contributed by atoms with E-state index in [2.05, 4.69) is 23.5 Å². The van der Waals surface area contributed by atoms with E-state index in [1.807, 2.05) is 13.0 Å². The molecule has 0 fully saturated rings. The van der Waals surface area contributed by atoms with Crippen molar-refractivity contribution in [2.45, 2.75) is 26.7 Å². The molecule has 1 aromatic rings. The van der Waals surface area contributed by atoms with Crippen molar-refractivity contribution in [2.75, 3.05) is 0 Å². The van der Waals surface area contributed by atoms with Crippen LogP contribution >= 0.6 is 0 Å². The van der Waals surface area contributed by atoms with Crippen molar-refractivity contribution in [2.24, 2.45) is 0 Å². The Kier molecular flexibility index (Phi) is 2.97. The first-order valence-electron chi connectivity index (χ1n) is 4.22. The first-order chi connectivity index (χ1) is 5.79. The highest BCUT2D eigenvalue weighted by Gasteiger charge is 2.02. The number of hydrogen-bond acceptors (Lipinski definition) is 2. The summed E-state index contributed by atoms with van der Waals surface area (Å²) in [5, 5.41) is 0. The van der Waals surface area contributed by atoms with Crippen LogP contribution in [0.5, 0.6) is 0 Å². The van der Waals surface area contributed by atoms with E-state index in [0.717, 1.165) is 29.8 Å². The molecular weight excluding hydrogens is 148 g/mol. The Hall–Kier alpha value is -1.18. The van der Waals surface area contributed by atoms with Crippen LogP contribution in [-0.4, -0.2) is 9.97 Å². The van der Waals surface area contributed by atoms with Crippen LogP contribution in [-0.2, 0) is 6.42 Å². The Morgan fingerprint density at radius 1 is 1.50 bits per heavy atom. The van der Waals surface area contributed by atoms with Crippen LogP contribution in [0.15, 0.2) is 12.9 Å². The second-order valence-electron chi connectivity index (χ2n) is 2.77. The van der Waals surface area contributed by atoms with Crippen molar-refractivity contribution in [1.82, 2.24) is 9.97 Å². The van der Waals surface area contributed by atoms with E-state index in [1.165, 1.54) is 0 Å². The Balaban J connectivity index is 3.09. The lowest BCUT2D eigenvalue weighted by Crippen LogP contribution is -1.98. The minimum atomic E-state index is 1.00. The average molecular weight is 162 g/mol. The van der Waals surface area contributed by atoms with Gasteiger partial charge in [-0.05, 0) is 13.3 Å². The van der Waals surface area contributed by atoms with Crippen LogP contribution in [0, 0.1) is 6.92 Å². The highest BCUT2D eigenvalue weighted by Crippen LogP contribution is 2.11. The van der Waals surface area contributed by atoms with Gasteiger partial charge in [-0.25, -0.2) is 9.97 Å². The van der Waals surface area contributed by atoms with Gasteiger partial charge in [0.25, 0.3) is 0 Å². The predicted molar refractivity (Wildman–Crippen MR) is 50.9 cm³/mol. The van der Waals surface area contributed by atoms with Crippen LogP contribution in [0.4, 0.5) is 0 Å². The monoisotopic (exact) mass is 162 g/mol. The van der Waals surface area contributed by atoms with Gasteiger partial charge in [0.15, 0.2) is 0 Å². The summed E-state index contributed by atoms with van der Waals surface area (Å²) >= 11 is 0. The van der Waals surface area contributed by atoms with Gasteiger partial charge in [0.05, 0.1) is 5.69 Å². The first kappa shape index (κ1) is 8.91. The van der Waals surface area contributed by atoms with Crippen LogP contribution in [0.1, 0.15) is 30.3 Å². The number of aromatic nitrogens is 2. The largest absolute Gasteiger partial charge is 0.241 e. The highest BCUT2D eigenvalue weighted by molar-refractivity contribution is 5.51. The zero-order valence-electron chi connectivity index (χ0n) is 7.67. The molecule has 0 saturated heterocycles. The van der Waals surface area contributed by atoms with E-state index in [1.54, 1.807) is 6.33 Å². The smallest absolute Gasteiger partial charge is 0.115 e. The summed E-state index contributed by atoms with van der Waals surface area (Å²) in [7, 11) is 0. The average Bonchev–Trinajstić information content (AvgIpc) is 2.05. The van der Waals surface area contributed by atoms with Crippen LogP contribution in [0.2, 0.25) is 0 Å². The zero-order valence-corrected chi connectivity index (χ0v) is 7.67. The number of rotatable bonds is 3. The van der Waals surface area contributed by atoms with Crippen LogP contribution < -0.4 is 0 Å². The lowest BCUT2D eigenvalue weighted by Gasteiger charge is -2.04. The third-order valence-electron chi connectivity index (χ3n) is 1.86. The maximum Gasteiger partial charge on any atom is 0.115 e. The molecule has 0 atom stereocenters. The SMILES string of the molecule is C=Cc1c(C)ncnc1CCC. The molecule has 0 radical (unpaired) electrons. The van der Waals surface area contributed by atoms with Gasteiger partial charge < -0.3 is 0 Å². The minimum Gasteiger partial charge on any atom is -0.241 e. The van der Waals surface area contributed by atoms with Crippen molar-refractivity contribution >= 4 is 6.08 Å². The summed E-state index contributed by atoms with van der Waals surface area (Å²) in [4.78, 5) is 8.33. The van der Waals surface area contributed by atoms with Gasteiger partial charge in [0, 0.05) is 11.3 Å². The summed E-state index contributed by atoms with van der Waals surface area (Å²) < 4.78 is 0.